The number of benzene rings is 1. The van der Waals surface area contributed by atoms with Crippen molar-refractivity contribution in [1.29, 1.82) is 0 Å². The van der Waals surface area contributed by atoms with Gasteiger partial charge in [0.1, 0.15) is 0 Å². The molecule has 0 N–H and O–H groups in total. The molecule has 76 valence electrons. The molecule has 5 heteroatoms. The second kappa shape index (κ2) is 3.53. The van der Waals surface area contributed by atoms with Crippen molar-refractivity contribution in [2.24, 2.45) is 0 Å². The van der Waals surface area contributed by atoms with Gasteiger partial charge in [-0.3, -0.25) is 0 Å². The molecule has 2 aromatic rings. The Hall–Kier alpha value is -2.17. The van der Waals surface area contributed by atoms with Gasteiger partial charge in [0.2, 0.25) is 0 Å². The first-order valence-corrected chi connectivity index (χ1v) is 4.30. The van der Waals surface area contributed by atoms with Gasteiger partial charge in [0.05, 0.1) is 12.5 Å². The first kappa shape index (κ1) is 9.39. The molecule has 1 heterocycles. The van der Waals surface area contributed by atoms with E-state index in [9.17, 15) is 10.1 Å². The summed E-state index contributed by atoms with van der Waals surface area (Å²) in [6.07, 6.45) is 0. The van der Waals surface area contributed by atoms with Gasteiger partial charge in [-0.2, -0.15) is 0 Å². The van der Waals surface area contributed by atoms with Gasteiger partial charge in [0.15, 0.2) is 0 Å². The van der Waals surface area contributed by atoms with Gasteiger partial charge in [-0.1, -0.05) is 18.2 Å². The molecule has 0 fully saturated rings. The summed E-state index contributed by atoms with van der Waals surface area (Å²) < 4.78 is 5.00. The fourth-order valence-corrected chi connectivity index (χ4v) is 1.40. The van der Waals surface area contributed by atoms with Crippen molar-refractivity contribution in [2.75, 3.05) is 7.11 Å². The van der Waals surface area contributed by atoms with Crippen molar-refractivity contribution in [3.05, 3.63) is 40.4 Å². The number of fused-ring (bicyclic) bond motifs is 1. The summed E-state index contributed by atoms with van der Waals surface area (Å²) in [6.45, 7) is 0. The third kappa shape index (κ3) is 1.59. The van der Waals surface area contributed by atoms with E-state index in [0.29, 0.717) is 0 Å². The second-order valence-corrected chi connectivity index (χ2v) is 2.97. The quantitative estimate of drug-likeness (QED) is 0.555. The standard InChI is InChI=1S/C10H8N2O3/c1-15-10-8-5-3-2-4-7(8)6-9(11-10)12(13)14/h2-6H,1H3. The SMILES string of the molecule is COc1nc([N+](=O)[O-])cc2ccccc12. The molecule has 2 rings (SSSR count). The summed E-state index contributed by atoms with van der Waals surface area (Å²) in [5.41, 5.74) is 0. The number of rotatable bonds is 2. The number of nitro groups is 1. The highest BCUT2D eigenvalue weighted by Crippen LogP contribution is 2.26. The predicted molar refractivity (Wildman–Crippen MR) is 54.9 cm³/mol. The smallest absolute Gasteiger partial charge is 0.368 e. The van der Waals surface area contributed by atoms with Crippen LogP contribution in [0.3, 0.4) is 0 Å². The van der Waals surface area contributed by atoms with Gasteiger partial charge in [-0.25, -0.2) is 0 Å². The number of aromatic nitrogens is 1. The minimum Gasteiger partial charge on any atom is -0.462 e. The van der Waals surface area contributed by atoms with Crippen molar-refractivity contribution >= 4 is 16.6 Å². The molecule has 0 aliphatic rings. The Labute approximate surface area is 85.5 Å². The monoisotopic (exact) mass is 204 g/mol. The number of hydrogen-bond acceptors (Lipinski definition) is 4. The van der Waals surface area contributed by atoms with E-state index in [0.717, 1.165) is 10.8 Å². The zero-order valence-electron chi connectivity index (χ0n) is 8.01. The van der Waals surface area contributed by atoms with E-state index < -0.39 is 4.92 Å². The van der Waals surface area contributed by atoms with Crippen molar-refractivity contribution in [3.8, 4) is 5.88 Å². The van der Waals surface area contributed by atoms with E-state index in [1.807, 2.05) is 18.2 Å². The van der Waals surface area contributed by atoms with Crippen LogP contribution in [0.1, 0.15) is 0 Å². The lowest BCUT2D eigenvalue weighted by Crippen LogP contribution is -1.95. The van der Waals surface area contributed by atoms with E-state index in [4.69, 9.17) is 4.74 Å². The molecular formula is C10H8N2O3. The van der Waals surface area contributed by atoms with E-state index in [-0.39, 0.29) is 11.7 Å². The molecule has 0 saturated heterocycles. The summed E-state index contributed by atoms with van der Waals surface area (Å²) in [5, 5.41) is 12.1. The summed E-state index contributed by atoms with van der Waals surface area (Å²) >= 11 is 0. The van der Waals surface area contributed by atoms with Crippen molar-refractivity contribution in [1.82, 2.24) is 4.98 Å². The molecular weight excluding hydrogens is 196 g/mol. The number of hydrogen-bond donors (Lipinski definition) is 0. The Bertz CT molecular complexity index is 525. The number of methoxy groups -OCH3 is 1. The summed E-state index contributed by atoms with van der Waals surface area (Å²) in [5.74, 6) is 0.0744. The fraction of sp³-hybridized carbons (Fsp3) is 0.100. The Morgan fingerprint density at radius 1 is 1.40 bits per heavy atom. The van der Waals surface area contributed by atoms with Crippen LogP contribution in [0.25, 0.3) is 10.8 Å². The topological polar surface area (TPSA) is 65.3 Å². The van der Waals surface area contributed by atoms with Gasteiger partial charge in [0, 0.05) is 11.1 Å². The van der Waals surface area contributed by atoms with Gasteiger partial charge >= 0.3 is 11.7 Å². The first-order valence-electron chi connectivity index (χ1n) is 4.30. The highest BCUT2D eigenvalue weighted by atomic mass is 16.6. The van der Waals surface area contributed by atoms with E-state index >= 15 is 0 Å². The van der Waals surface area contributed by atoms with E-state index in [2.05, 4.69) is 4.98 Å². The summed E-state index contributed by atoms with van der Waals surface area (Å²) in [6, 6.07) is 8.67. The Kier molecular flexibility index (Phi) is 2.21. The lowest BCUT2D eigenvalue weighted by molar-refractivity contribution is -0.389. The van der Waals surface area contributed by atoms with Gasteiger partial charge in [-0.15, -0.1) is 0 Å². The third-order valence-electron chi connectivity index (χ3n) is 2.07. The maximum Gasteiger partial charge on any atom is 0.368 e. The zero-order valence-corrected chi connectivity index (χ0v) is 8.01. The fourth-order valence-electron chi connectivity index (χ4n) is 1.40. The molecule has 0 bridgehead atoms. The van der Waals surface area contributed by atoms with E-state index in [1.54, 1.807) is 6.07 Å². The maximum atomic E-state index is 10.6. The normalized spacial score (nSPS) is 10.2. The minimum atomic E-state index is -0.533. The predicted octanol–water partition coefficient (Wildman–Crippen LogP) is 2.15. The average molecular weight is 204 g/mol. The largest absolute Gasteiger partial charge is 0.462 e. The Balaban J connectivity index is 2.77. The van der Waals surface area contributed by atoms with Gasteiger partial charge < -0.3 is 14.9 Å². The highest BCUT2D eigenvalue weighted by Gasteiger charge is 2.15. The van der Waals surface area contributed by atoms with Crippen LogP contribution in [0.2, 0.25) is 0 Å². The van der Waals surface area contributed by atoms with E-state index in [1.165, 1.54) is 13.2 Å². The van der Waals surface area contributed by atoms with Crippen LogP contribution < -0.4 is 4.74 Å². The third-order valence-corrected chi connectivity index (χ3v) is 2.07. The van der Waals surface area contributed by atoms with Crippen molar-refractivity contribution in [2.45, 2.75) is 0 Å². The van der Waals surface area contributed by atoms with Crippen LogP contribution in [0.4, 0.5) is 5.82 Å². The average Bonchev–Trinajstić information content (AvgIpc) is 2.27. The highest BCUT2D eigenvalue weighted by molar-refractivity contribution is 5.88. The van der Waals surface area contributed by atoms with Gasteiger partial charge in [-0.05, 0) is 16.4 Å². The lowest BCUT2D eigenvalue weighted by atomic mass is 10.2. The molecule has 5 nitrogen and oxygen atoms in total. The Morgan fingerprint density at radius 3 is 2.80 bits per heavy atom. The van der Waals surface area contributed by atoms with Crippen LogP contribution in [-0.4, -0.2) is 17.0 Å². The molecule has 0 aliphatic heterocycles. The van der Waals surface area contributed by atoms with Crippen LogP contribution in [0.15, 0.2) is 30.3 Å². The van der Waals surface area contributed by atoms with Crippen LogP contribution in [-0.2, 0) is 0 Å². The van der Waals surface area contributed by atoms with Crippen LogP contribution in [0.5, 0.6) is 5.88 Å². The molecule has 1 aromatic carbocycles. The van der Waals surface area contributed by atoms with Gasteiger partial charge in [0.25, 0.3) is 0 Å². The summed E-state index contributed by atoms with van der Waals surface area (Å²) in [4.78, 5) is 13.9. The maximum absolute atomic E-state index is 10.6. The number of ether oxygens (including phenoxy) is 1. The number of nitrogens with zero attached hydrogens (tertiary/aromatic N) is 2. The zero-order chi connectivity index (χ0) is 10.8. The van der Waals surface area contributed by atoms with Crippen molar-refractivity contribution < 1.29 is 9.66 Å². The summed E-state index contributed by atoms with van der Waals surface area (Å²) in [7, 11) is 1.44. The minimum absolute atomic E-state index is 0.203. The molecule has 0 aliphatic carbocycles. The molecule has 0 amide bonds. The Morgan fingerprint density at radius 2 is 2.13 bits per heavy atom. The van der Waals surface area contributed by atoms with Crippen LogP contribution >= 0.6 is 0 Å². The molecule has 0 unspecified atom stereocenters. The van der Waals surface area contributed by atoms with Crippen molar-refractivity contribution in [3.63, 3.8) is 0 Å². The molecule has 1 aromatic heterocycles. The molecule has 15 heavy (non-hydrogen) atoms. The van der Waals surface area contributed by atoms with Crippen LogP contribution in [0, 0.1) is 10.1 Å². The molecule has 0 spiro atoms. The molecule has 0 atom stereocenters. The number of pyridine rings is 1. The second-order valence-electron chi connectivity index (χ2n) is 2.97. The lowest BCUT2D eigenvalue weighted by Gasteiger charge is -2.00. The first-order chi connectivity index (χ1) is 7.22. The molecule has 0 radical (unpaired) electrons. The molecule has 0 saturated carbocycles.